The van der Waals surface area contributed by atoms with Gasteiger partial charge < -0.3 is 19.6 Å². The normalized spacial score (nSPS) is 17.0. The Labute approximate surface area is 217 Å². The van der Waals surface area contributed by atoms with E-state index in [4.69, 9.17) is 4.74 Å². The van der Waals surface area contributed by atoms with Crippen molar-refractivity contribution in [3.8, 4) is 5.75 Å². The Kier molecular flexibility index (Phi) is 9.41. The number of hydrogen-bond donors (Lipinski definition) is 1. The molecule has 1 aliphatic heterocycles. The van der Waals surface area contributed by atoms with Gasteiger partial charge in [-0.3, -0.25) is 19.7 Å². The van der Waals surface area contributed by atoms with Gasteiger partial charge in [-0.05, 0) is 67.9 Å². The predicted molar refractivity (Wildman–Crippen MR) is 141 cm³/mol. The molecule has 3 rings (SSSR count). The highest BCUT2D eigenvalue weighted by atomic mass is 16.6. The second-order valence-electron chi connectivity index (χ2n) is 9.05. The van der Waals surface area contributed by atoms with Crippen LogP contribution in [0.1, 0.15) is 56.3 Å². The molecule has 0 unspecified atom stereocenters. The van der Waals surface area contributed by atoms with Gasteiger partial charge in [-0.2, -0.15) is 0 Å². The van der Waals surface area contributed by atoms with E-state index < -0.39 is 22.7 Å². The van der Waals surface area contributed by atoms with Crippen LogP contribution in [0.5, 0.6) is 5.75 Å². The summed E-state index contributed by atoms with van der Waals surface area (Å²) in [5, 5.41) is 22.5. The molecule has 0 aliphatic carbocycles. The minimum Gasteiger partial charge on any atom is -0.507 e. The van der Waals surface area contributed by atoms with Gasteiger partial charge in [-0.25, -0.2) is 0 Å². The number of non-ortho nitro benzene ring substituents is 1. The number of nitro benzene ring substituents is 1. The first-order valence-corrected chi connectivity index (χ1v) is 12.7. The molecule has 2 aromatic carbocycles. The van der Waals surface area contributed by atoms with Crippen molar-refractivity contribution in [3.63, 3.8) is 0 Å². The van der Waals surface area contributed by atoms with E-state index in [9.17, 15) is 24.8 Å². The first-order chi connectivity index (χ1) is 17.7. The number of nitro groups is 1. The molecule has 0 bridgehead atoms. The molecule has 1 heterocycles. The molecule has 198 valence electrons. The molecule has 0 spiro atoms. The summed E-state index contributed by atoms with van der Waals surface area (Å²) in [6.07, 6.45) is 1.93. The number of nitrogens with zero attached hydrogens (tertiary/aromatic N) is 3. The molecule has 0 aromatic heterocycles. The Morgan fingerprint density at radius 1 is 1.11 bits per heavy atom. The number of ether oxygens (including phenoxy) is 1. The molecule has 1 amide bonds. The summed E-state index contributed by atoms with van der Waals surface area (Å²) in [7, 11) is 0. The summed E-state index contributed by atoms with van der Waals surface area (Å²) >= 11 is 0. The molecule has 1 fully saturated rings. The van der Waals surface area contributed by atoms with E-state index in [1.54, 1.807) is 18.2 Å². The number of unbranched alkanes of at least 4 members (excludes halogenated alkanes) is 1. The van der Waals surface area contributed by atoms with E-state index in [-0.39, 0.29) is 23.6 Å². The van der Waals surface area contributed by atoms with Crippen molar-refractivity contribution in [2.75, 3.05) is 32.8 Å². The third-order valence-corrected chi connectivity index (χ3v) is 6.71. The van der Waals surface area contributed by atoms with Crippen LogP contribution in [0.2, 0.25) is 0 Å². The molecule has 9 heteroatoms. The summed E-state index contributed by atoms with van der Waals surface area (Å²) in [5.41, 5.74) is 1.58. The van der Waals surface area contributed by atoms with Crippen molar-refractivity contribution in [2.45, 2.75) is 46.6 Å². The zero-order valence-electron chi connectivity index (χ0n) is 21.9. The highest BCUT2D eigenvalue weighted by Crippen LogP contribution is 2.40. The van der Waals surface area contributed by atoms with Gasteiger partial charge in [0.25, 0.3) is 17.4 Å². The van der Waals surface area contributed by atoms with Crippen molar-refractivity contribution in [2.24, 2.45) is 0 Å². The molecular weight excluding hydrogens is 474 g/mol. The molecule has 9 nitrogen and oxygen atoms in total. The highest BCUT2D eigenvalue weighted by molar-refractivity contribution is 6.46. The maximum Gasteiger partial charge on any atom is 0.295 e. The van der Waals surface area contributed by atoms with Gasteiger partial charge in [0, 0.05) is 30.8 Å². The summed E-state index contributed by atoms with van der Waals surface area (Å²) in [4.78, 5) is 40.6. The van der Waals surface area contributed by atoms with Crippen molar-refractivity contribution < 1.29 is 24.4 Å². The van der Waals surface area contributed by atoms with Gasteiger partial charge >= 0.3 is 0 Å². The lowest BCUT2D eigenvalue weighted by atomic mass is 9.94. The number of rotatable bonds is 12. The van der Waals surface area contributed by atoms with E-state index in [0.717, 1.165) is 31.5 Å². The molecule has 1 N–H and O–H groups in total. The van der Waals surface area contributed by atoms with Crippen molar-refractivity contribution in [1.82, 2.24) is 9.80 Å². The lowest BCUT2D eigenvalue weighted by molar-refractivity contribution is -0.384. The number of hydrogen-bond acceptors (Lipinski definition) is 7. The Hall–Kier alpha value is -3.72. The third-order valence-electron chi connectivity index (χ3n) is 6.71. The summed E-state index contributed by atoms with van der Waals surface area (Å²) < 4.78 is 5.80. The molecule has 0 saturated carbocycles. The van der Waals surface area contributed by atoms with Crippen LogP contribution >= 0.6 is 0 Å². The number of aliphatic hydroxyl groups excluding tert-OH is 1. The Morgan fingerprint density at radius 3 is 2.35 bits per heavy atom. The molecule has 37 heavy (non-hydrogen) atoms. The van der Waals surface area contributed by atoms with E-state index in [2.05, 4.69) is 11.8 Å². The fraction of sp³-hybridized carbons (Fsp3) is 0.429. The van der Waals surface area contributed by atoms with E-state index in [1.165, 1.54) is 29.2 Å². The fourth-order valence-electron chi connectivity index (χ4n) is 4.47. The van der Waals surface area contributed by atoms with E-state index in [1.807, 2.05) is 20.8 Å². The first kappa shape index (κ1) is 27.9. The van der Waals surface area contributed by atoms with E-state index in [0.29, 0.717) is 30.0 Å². The number of amides is 1. The number of likely N-dealkylation sites (N-methyl/N-ethyl adjacent to an activating group) is 1. The average molecular weight is 510 g/mol. The maximum atomic E-state index is 13.2. The SMILES string of the molecule is CCCCOc1ccc(C(O)=C2C(=O)C(=O)N(CCN(CC)CC)[C@@H]2c2ccc([N+](=O)[O-])cc2)cc1C. The van der Waals surface area contributed by atoms with E-state index >= 15 is 0 Å². The minimum atomic E-state index is -0.864. The number of carbonyl (C=O) groups excluding carboxylic acids is 2. The average Bonchev–Trinajstić information content (AvgIpc) is 3.15. The molecule has 0 radical (unpaired) electrons. The molecule has 1 atom stereocenters. The van der Waals surface area contributed by atoms with Crippen molar-refractivity contribution in [1.29, 1.82) is 0 Å². The quantitative estimate of drug-likeness (QED) is 0.109. The minimum absolute atomic E-state index is 0.0301. The smallest absolute Gasteiger partial charge is 0.295 e. The number of aryl methyl sites for hydroxylation is 1. The summed E-state index contributed by atoms with van der Waals surface area (Å²) in [5.74, 6) is -1.07. The van der Waals surface area contributed by atoms with Gasteiger partial charge in [0.05, 0.1) is 23.1 Å². The number of likely N-dealkylation sites (tertiary alicyclic amines) is 1. The molecule has 1 saturated heterocycles. The topological polar surface area (TPSA) is 113 Å². The maximum absolute atomic E-state index is 13.2. The monoisotopic (exact) mass is 509 g/mol. The largest absolute Gasteiger partial charge is 0.507 e. The van der Waals surface area contributed by atoms with Crippen LogP contribution in [-0.2, 0) is 9.59 Å². The zero-order chi connectivity index (χ0) is 27.1. The molecular formula is C28H35N3O6. The van der Waals surface area contributed by atoms with Crippen LogP contribution in [0.15, 0.2) is 48.0 Å². The Bertz CT molecular complexity index is 1170. The van der Waals surface area contributed by atoms with Gasteiger partial charge in [-0.1, -0.05) is 27.2 Å². The van der Waals surface area contributed by atoms with Crippen LogP contribution in [0.3, 0.4) is 0 Å². The predicted octanol–water partition coefficient (Wildman–Crippen LogP) is 4.85. The van der Waals surface area contributed by atoms with Crippen LogP contribution in [0.25, 0.3) is 5.76 Å². The molecule has 2 aromatic rings. The standard InChI is InChI=1S/C28H35N3O6/c1-5-8-17-37-23-14-11-21(18-19(23)4)26(32)24-25(20-9-12-22(13-10-20)31(35)36)30(28(34)27(24)33)16-15-29(6-2)7-3/h9-14,18,25,32H,5-8,15-17H2,1-4H3/t25-/m1/s1. The lowest BCUT2D eigenvalue weighted by Gasteiger charge is -2.28. The Balaban J connectivity index is 2.06. The van der Waals surface area contributed by atoms with Crippen molar-refractivity contribution >= 4 is 23.1 Å². The van der Waals surface area contributed by atoms with Crippen LogP contribution < -0.4 is 4.74 Å². The number of benzene rings is 2. The van der Waals surface area contributed by atoms with Crippen LogP contribution in [0, 0.1) is 17.0 Å². The highest BCUT2D eigenvalue weighted by Gasteiger charge is 2.46. The van der Waals surface area contributed by atoms with Crippen LogP contribution in [-0.4, -0.2) is 64.3 Å². The lowest BCUT2D eigenvalue weighted by Crippen LogP contribution is -2.38. The van der Waals surface area contributed by atoms with Gasteiger partial charge in [-0.15, -0.1) is 0 Å². The summed E-state index contributed by atoms with van der Waals surface area (Å²) in [6.45, 7) is 10.9. The van der Waals surface area contributed by atoms with Gasteiger partial charge in [0.2, 0.25) is 0 Å². The van der Waals surface area contributed by atoms with Gasteiger partial charge in [0.1, 0.15) is 11.5 Å². The third kappa shape index (κ3) is 6.17. The summed E-state index contributed by atoms with van der Waals surface area (Å²) in [6, 6.07) is 10.0. The second kappa shape index (κ2) is 12.5. The Morgan fingerprint density at radius 2 is 1.78 bits per heavy atom. The van der Waals surface area contributed by atoms with Crippen LogP contribution in [0.4, 0.5) is 5.69 Å². The zero-order valence-corrected chi connectivity index (χ0v) is 21.9. The first-order valence-electron chi connectivity index (χ1n) is 12.7. The molecule has 1 aliphatic rings. The fourth-order valence-corrected chi connectivity index (χ4v) is 4.47. The number of aliphatic hydroxyl groups is 1. The van der Waals surface area contributed by atoms with Gasteiger partial charge in [0.15, 0.2) is 0 Å². The number of ketones is 1. The second-order valence-corrected chi connectivity index (χ2v) is 9.05. The number of Topliss-reactive ketones (excluding diaryl/α,β-unsaturated/α-hetero) is 1. The number of carbonyl (C=O) groups is 2. The van der Waals surface area contributed by atoms with Crippen molar-refractivity contribution in [3.05, 3.63) is 74.8 Å².